The van der Waals surface area contributed by atoms with Gasteiger partial charge in [0.15, 0.2) is 5.96 Å². The summed E-state index contributed by atoms with van der Waals surface area (Å²) in [6.07, 6.45) is 2.43. The van der Waals surface area contributed by atoms with Crippen molar-refractivity contribution in [2.45, 2.75) is 13.3 Å². The first-order chi connectivity index (χ1) is 9.17. The van der Waals surface area contributed by atoms with Gasteiger partial charge in [0, 0.05) is 26.6 Å². The summed E-state index contributed by atoms with van der Waals surface area (Å²) in [5.41, 5.74) is 0. The average Bonchev–Trinajstić information content (AvgIpc) is 2.94. The number of hydrogen-bond donors (Lipinski definition) is 2. The van der Waals surface area contributed by atoms with Crippen LogP contribution in [-0.4, -0.2) is 39.2 Å². The molecule has 1 aromatic rings. The van der Waals surface area contributed by atoms with E-state index in [9.17, 15) is 4.79 Å². The molecule has 7 heteroatoms. The second-order valence-electron chi connectivity index (χ2n) is 4.13. The van der Waals surface area contributed by atoms with Crippen LogP contribution in [0.2, 0.25) is 0 Å². The molecule has 1 aromatic heterocycles. The lowest BCUT2D eigenvalue weighted by Crippen LogP contribution is -2.41. The highest BCUT2D eigenvalue weighted by Crippen LogP contribution is 1.99. The third kappa shape index (κ3) is 6.78. The number of carbonyl (C=O) groups is 1. The second kappa shape index (κ2) is 10.5. The summed E-state index contributed by atoms with van der Waals surface area (Å²) in [5, 5.41) is 6.22. The van der Waals surface area contributed by atoms with Crippen molar-refractivity contribution in [3.8, 4) is 0 Å². The van der Waals surface area contributed by atoms with E-state index in [1.807, 2.05) is 12.1 Å². The molecule has 0 aliphatic heterocycles. The first-order valence-electron chi connectivity index (χ1n) is 6.22. The monoisotopic (exact) mass is 395 g/mol. The normalized spacial score (nSPS) is 12.2. The minimum atomic E-state index is -0.237. The van der Waals surface area contributed by atoms with E-state index in [0.29, 0.717) is 19.0 Å². The minimum Gasteiger partial charge on any atom is -0.469 e. The molecule has 0 amide bonds. The Morgan fingerprint density at radius 3 is 2.80 bits per heavy atom. The van der Waals surface area contributed by atoms with Gasteiger partial charge in [-0.2, -0.15) is 0 Å². The first kappa shape index (κ1) is 18.8. The van der Waals surface area contributed by atoms with Crippen LogP contribution in [0.1, 0.15) is 12.7 Å². The number of halogens is 1. The van der Waals surface area contributed by atoms with Crippen LogP contribution in [0.4, 0.5) is 0 Å². The number of ether oxygens (including phenoxy) is 1. The largest absolute Gasteiger partial charge is 0.469 e. The standard InChI is InChI=1S/C13H21N3O3.HI/c1-10(12(17)18-3)9-16-13(14-2)15-7-6-11-5-4-8-19-11;/h4-5,8,10H,6-7,9H2,1-3H3,(H2,14,15,16);1H. The Hall–Kier alpha value is -1.25. The van der Waals surface area contributed by atoms with Crippen molar-refractivity contribution >= 4 is 35.9 Å². The number of rotatable bonds is 6. The molecule has 0 aliphatic carbocycles. The van der Waals surface area contributed by atoms with E-state index in [4.69, 9.17) is 4.42 Å². The van der Waals surface area contributed by atoms with Crippen molar-refractivity contribution in [1.29, 1.82) is 0 Å². The van der Waals surface area contributed by atoms with Crippen LogP contribution < -0.4 is 10.6 Å². The van der Waals surface area contributed by atoms with Gasteiger partial charge in [-0.05, 0) is 12.1 Å². The van der Waals surface area contributed by atoms with Crippen molar-refractivity contribution in [2.24, 2.45) is 10.9 Å². The Morgan fingerprint density at radius 2 is 2.25 bits per heavy atom. The van der Waals surface area contributed by atoms with E-state index < -0.39 is 0 Å². The molecule has 0 saturated carbocycles. The molecular formula is C13H22IN3O3. The smallest absolute Gasteiger partial charge is 0.310 e. The van der Waals surface area contributed by atoms with E-state index in [0.717, 1.165) is 12.2 Å². The molecule has 114 valence electrons. The number of nitrogens with one attached hydrogen (secondary N) is 2. The molecule has 0 radical (unpaired) electrons. The molecule has 0 aromatic carbocycles. The highest BCUT2D eigenvalue weighted by atomic mass is 127. The fraction of sp³-hybridized carbons (Fsp3) is 0.538. The van der Waals surface area contributed by atoms with Gasteiger partial charge in [0.05, 0.1) is 19.3 Å². The van der Waals surface area contributed by atoms with Crippen molar-refractivity contribution in [2.75, 3.05) is 27.2 Å². The summed E-state index contributed by atoms with van der Waals surface area (Å²) in [4.78, 5) is 15.3. The van der Waals surface area contributed by atoms with Crippen LogP contribution >= 0.6 is 24.0 Å². The predicted molar refractivity (Wildman–Crippen MR) is 88.4 cm³/mol. The molecule has 0 spiro atoms. The summed E-state index contributed by atoms with van der Waals surface area (Å²) in [5.74, 6) is 1.13. The number of aliphatic imine (C=N–C) groups is 1. The van der Waals surface area contributed by atoms with Gasteiger partial charge in [0.1, 0.15) is 5.76 Å². The summed E-state index contributed by atoms with van der Waals surface area (Å²) >= 11 is 0. The maximum absolute atomic E-state index is 11.2. The van der Waals surface area contributed by atoms with E-state index in [1.54, 1.807) is 20.2 Å². The van der Waals surface area contributed by atoms with E-state index >= 15 is 0 Å². The van der Waals surface area contributed by atoms with E-state index in [-0.39, 0.29) is 35.9 Å². The number of hydrogen-bond acceptors (Lipinski definition) is 4. The summed E-state index contributed by atoms with van der Waals surface area (Å²) in [7, 11) is 3.07. The van der Waals surface area contributed by atoms with Crippen LogP contribution in [0.25, 0.3) is 0 Å². The Labute approximate surface area is 136 Å². The second-order valence-corrected chi connectivity index (χ2v) is 4.13. The van der Waals surface area contributed by atoms with Gasteiger partial charge in [-0.15, -0.1) is 24.0 Å². The van der Waals surface area contributed by atoms with Crippen LogP contribution in [-0.2, 0) is 16.0 Å². The number of nitrogens with zero attached hydrogens (tertiary/aromatic N) is 1. The summed E-state index contributed by atoms with van der Waals surface area (Å²) in [6, 6.07) is 3.79. The van der Waals surface area contributed by atoms with Crippen LogP contribution in [0.15, 0.2) is 27.8 Å². The van der Waals surface area contributed by atoms with E-state index in [2.05, 4.69) is 20.4 Å². The quantitative estimate of drug-likeness (QED) is 0.330. The molecule has 0 saturated heterocycles. The SMILES string of the molecule is CN=C(NCCc1ccco1)NCC(C)C(=O)OC.I. The first-order valence-corrected chi connectivity index (χ1v) is 6.22. The fourth-order valence-electron chi connectivity index (χ4n) is 1.51. The molecule has 1 atom stereocenters. The number of methoxy groups -OCH3 is 1. The fourth-order valence-corrected chi connectivity index (χ4v) is 1.51. The van der Waals surface area contributed by atoms with Gasteiger partial charge in [-0.1, -0.05) is 6.92 Å². The summed E-state index contributed by atoms with van der Waals surface area (Å²) < 4.78 is 9.89. The van der Waals surface area contributed by atoms with Crippen LogP contribution in [0, 0.1) is 5.92 Å². The van der Waals surface area contributed by atoms with Crippen molar-refractivity contribution < 1.29 is 13.9 Å². The average molecular weight is 395 g/mol. The lowest BCUT2D eigenvalue weighted by molar-refractivity contribution is -0.144. The number of guanidine groups is 1. The Morgan fingerprint density at radius 1 is 1.50 bits per heavy atom. The van der Waals surface area contributed by atoms with Gasteiger partial charge in [-0.25, -0.2) is 0 Å². The lowest BCUT2D eigenvalue weighted by atomic mass is 10.2. The van der Waals surface area contributed by atoms with Crippen molar-refractivity contribution in [3.63, 3.8) is 0 Å². The summed E-state index contributed by atoms with van der Waals surface area (Å²) in [6.45, 7) is 2.99. The third-order valence-corrected chi connectivity index (χ3v) is 2.65. The zero-order chi connectivity index (χ0) is 14.1. The van der Waals surface area contributed by atoms with Crippen LogP contribution in [0.3, 0.4) is 0 Å². The number of furan rings is 1. The Kier molecular flexibility index (Phi) is 9.87. The third-order valence-electron chi connectivity index (χ3n) is 2.65. The van der Waals surface area contributed by atoms with Gasteiger partial charge in [0.2, 0.25) is 0 Å². The molecule has 1 rings (SSSR count). The lowest BCUT2D eigenvalue weighted by Gasteiger charge is -2.14. The maximum atomic E-state index is 11.2. The minimum absolute atomic E-state index is 0. The van der Waals surface area contributed by atoms with Gasteiger partial charge >= 0.3 is 5.97 Å². The Balaban J connectivity index is 0.00000361. The molecule has 0 bridgehead atoms. The molecule has 20 heavy (non-hydrogen) atoms. The molecule has 1 heterocycles. The van der Waals surface area contributed by atoms with Gasteiger partial charge in [0.25, 0.3) is 0 Å². The number of carbonyl (C=O) groups excluding carboxylic acids is 1. The van der Waals surface area contributed by atoms with E-state index in [1.165, 1.54) is 7.11 Å². The zero-order valence-corrected chi connectivity index (χ0v) is 14.3. The van der Waals surface area contributed by atoms with Crippen molar-refractivity contribution in [1.82, 2.24) is 10.6 Å². The topological polar surface area (TPSA) is 75.9 Å². The Bertz CT molecular complexity index is 407. The van der Waals surface area contributed by atoms with Crippen LogP contribution in [0.5, 0.6) is 0 Å². The molecule has 0 fully saturated rings. The molecule has 6 nitrogen and oxygen atoms in total. The highest BCUT2D eigenvalue weighted by molar-refractivity contribution is 14.0. The van der Waals surface area contributed by atoms with Crippen molar-refractivity contribution in [3.05, 3.63) is 24.2 Å². The molecule has 0 aliphatic rings. The molecule has 1 unspecified atom stereocenters. The molecular weight excluding hydrogens is 373 g/mol. The van der Waals surface area contributed by atoms with Gasteiger partial charge in [-0.3, -0.25) is 9.79 Å². The predicted octanol–water partition coefficient (Wildman–Crippen LogP) is 1.41. The zero-order valence-electron chi connectivity index (χ0n) is 12.0. The highest BCUT2D eigenvalue weighted by Gasteiger charge is 2.13. The van der Waals surface area contributed by atoms with Gasteiger partial charge < -0.3 is 19.8 Å². The number of esters is 1. The maximum Gasteiger partial charge on any atom is 0.310 e. The molecule has 2 N–H and O–H groups in total.